The SMILES string of the molecule is CCCCCN(c1nnc(CCN)o1)C(C)C. The molecule has 0 spiro atoms. The van der Waals surface area contributed by atoms with Crippen LogP contribution in [0.5, 0.6) is 0 Å². The quantitative estimate of drug-likeness (QED) is 0.704. The molecule has 1 aromatic rings. The van der Waals surface area contributed by atoms with Gasteiger partial charge in [0.15, 0.2) is 0 Å². The van der Waals surface area contributed by atoms with E-state index >= 15 is 0 Å². The van der Waals surface area contributed by atoms with E-state index in [1.807, 2.05) is 0 Å². The molecule has 0 atom stereocenters. The molecule has 0 saturated heterocycles. The highest BCUT2D eigenvalue weighted by Gasteiger charge is 2.16. The lowest BCUT2D eigenvalue weighted by Crippen LogP contribution is -2.32. The van der Waals surface area contributed by atoms with Crippen molar-refractivity contribution in [1.82, 2.24) is 10.2 Å². The summed E-state index contributed by atoms with van der Waals surface area (Å²) in [6, 6.07) is 0.998. The molecule has 5 nitrogen and oxygen atoms in total. The summed E-state index contributed by atoms with van der Waals surface area (Å²) >= 11 is 0. The first-order valence-electron chi connectivity index (χ1n) is 6.48. The van der Waals surface area contributed by atoms with Crippen LogP contribution in [0.4, 0.5) is 6.01 Å². The number of nitrogens with two attached hydrogens (primary N) is 1. The zero-order chi connectivity index (χ0) is 12.7. The van der Waals surface area contributed by atoms with Crippen molar-refractivity contribution in [3.05, 3.63) is 5.89 Å². The second kappa shape index (κ2) is 7.27. The Hall–Kier alpha value is -1.10. The van der Waals surface area contributed by atoms with E-state index in [4.69, 9.17) is 10.2 Å². The second-order valence-corrected chi connectivity index (χ2v) is 4.51. The Morgan fingerprint density at radius 3 is 2.65 bits per heavy atom. The van der Waals surface area contributed by atoms with E-state index < -0.39 is 0 Å². The molecule has 1 heterocycles. The summed E-state index contributed by atoms with van der Waals surface area (Å²) in [5.41, 5.74) is 5.46. The molecule has 0 radical (unpaired) electrons. The van der Waals surface area contributed by atoms with Gasteiger partial charge in [-0.2, -0.15) is 0 Å². The third-order valence-corrected chi connectivity index (χ3v) is 2.69. The van der Waals surface area contributed by atoms with Crippen LogP contribution in [0, 0.1) is 0 Å². The summed E-state index contributed by atoms with van der Waals surface area (Å²) in [4.78, 5) is 2.16. The number of nitrogens with zero attached hydrogens (tertiary/aromatic N) is 3. The van der Waals surface area contributed by atoms with E-state index in [0.29, 0.717) is 30.9 Å². The molecular weight excluding hydrogens is 216 g/mol. The molecule has 0 bridgehead atoms. The summed E-state index contributed by atoms with van der Waals surface area (Å²) in [6.07, 6.45) is 4.25. The molecule has 0 fully saturated rings. The minimum absolute atomic E-state index is 0.373. The Labute approximate surface area is 103 Å². The van der Waals surface area contributed by atoms with E-state index in [0.717, 1.165) is 13.0 Å². The smallest absolute Gasteiger partial charge is 0.318 e. The maximum Gasteiger partial charge on any atom is 0.318 e. The first kappa shape index (κ1) is 14.0. The van der Waals surface area contributed by atoms with Gasteiger partial charge in [-0.25, -0.2) is 0 Å². The molecule has 0 aliphatic rings. The van der Waals surface area contributed by atoms with Gasteiger partial charge in [0.1, 0.15) is 0 Å². The van der Waals surface area contributed by atoms with Crippen molar-refractivity contribution in [2.45, 2.75) is 52.5 Å². The summed E-state index contributed by atoms with van der Waals surface area (Å²) in [6.45, 7) is 7.98. The van der Waals surface area contributed by atoms with Crippen molar-refractivity contribution >= 4 is 6.01 Å². The van der Waals surface area contributed by atoms with Crippen LogP contribution in [0.25, 0.3) is 0 Å². The maximum atomic E-state index is 5.60. The van der Waals surface area contributed by atoms with Crippen molar-refractivity contribution in [2.24, 2.45) is 5.73 Å². The van der Waals surface area contributed by atoms with Crippen LogP contribution < -0.4 is 10.6 Å². The molecule has 1 rings (SSSR count). The lowest BCUT2D eigenvalue weighted by Gasteiger charge is -2.24. The van der Waals surface area contributed by atoms with Crippen LogP contribution in [0.1, 0.15) is 45.9 Å². The molecular formula is C12H24N4O. The lowest BCUT2D eigenvalue weighted by molar-refractivity contribution is 0.466. The average molecular weight is 240 g/mol. The Morgan fingerprint density at radius 1 is 1.29 bits per heavy atom. The van der Waals surface area contributed by atoms with Crippen molar-refractivity contribution in [1.29, 1.82) is 0 Å². The molecule has 98 valence electrons. The third-order valence-electron chi connectivity index (χ3n) is 2.69. The second-order valence-electron chi connectivity index (χ2n) is 4.51. The first-order valence-corrected chi connectivity index (χ1v) is 6.48. The highest BCUT2D eigenvalue weighted by Crippen LogP contribution is 2.16. The van der Waals surface area contributed by atoms with Crippen molar-refractivity contribution in [2.75, 3.05) is 18.0 Å². The predicted octanol–water partition coefficient (Wildman–Crippen LogP) is 1.98. The highest BCUT2D eigenvalue weighted by atomic mass is 16.4. The number of anilines is 1. The average Bonchev–Trinajstić information content (AvgIpc) is 2.73. The summed E-state index contributed by atoms with van der Waals surface area (Å²) in [5.74, 6) is 0.628. The number of rotatable bonds is 8. The van der Waals surface area contributed by atoms with Crippen LogP contribution in [0.3, 0.4) is 0 Å². The molecule has 0 unspecified atom stereocenters. The normalized spacial score (nSPS) is 11.1. The van der Waals surface area contributed by atoms with Gasteiger partial charge in [0.05, 0.1) is 0 Å². The Bertz CT molecular complexity index is 311. The molecule has 0 aliphatic heterocycles. The minimum atomic E-state index is 0.373. The fraction of sp³-hybridized carbons (Fsp3) is 0.833. The molecule has 0 saturated carbocycles. The van der Waals surface area contributed by atoms with Crippen LogP contribution in [0.15, 0.2) is 4.42 Å². The van der Waals surface area contributed by atoms with Gasteiger partial charge in [-0.15, -0.1) is 5.10 Å². The van der Waals surface area contributed by atoms with E-state index in [9.17, 15) is 0 Å². The Balaban J connectivity index is 2.61. The first-order chi connectivity index (χ1) is 8.19. The molecule has 0 amide bonds. The molecule has 0 aromatic carbocycles. The molecule has 2 N–H and O–H groups in total. The van der Waals surface area contributed by atoms with Gasteiger partial charge in [0.25, 0.3) is 0 Å². The topological polar surface area (TPSA) is 68.2 Å². The van der Waals surface area contributed by atoms with Crippen LogP contribution in [-0.2, 0) is 6.42 Å². The van der Waals surface area contributed by atoms with Gasteiger partial charge < -0.3 is 15.1 Å². The standard InChI is InChI=1S/C12H24N4O/c1-4-5-6-9-16(10(2)3)12-15-14-11(17-12)7-8-13/h10H,4-9,13H2,1-3H3. The van der Waals surface area contributed by atoms with Crippen molar-refractivity contribution < 1.29 is 4.42 Å². The van der Waals surface area contributed by atoms with E-state index in [2.05, 4.69) is 35.9 Å². The number of aromatic nitrogens is 2. The van der Waals surface area contributed by atoms with Crippen LogP contribution in [-0.4, -0.2) is 29.3 Å². The van der Waals surface area contributed by atoms with Gasteiger partial charge in [-0.3, -0.25) is 0 Å². The molecule has 1 aromatic heterocycles. The van der Waals surface area contributed by atoms with Crippen molar-refractivity contribution in [3.8, 4) is 0 Å². The van der Waals surface area contributed by atoms with Gasteiger partial charge in [0, 0.05) is 25.6 Å². The number of hydrogen-bond acceptors (Lipinski definition) is 5. The van der Waals surface area contributed by atoms with Crippen LogP contribution in [0.2, 0.25) is 0 Å². The molecule has 5 heteroatoms. The number of unbranched alkanes of at least 4 members (excludes halogenated alkanes) is 2. The molecule has 17 heavy (non-hydrogen) atoms. The van der Waals surface area contributed by atoms with Crippen LogP contribution >= 0.6 is 0 Å². The van der Waals surface area contributed by atoms with E-state index in [-0.39, 0.29) is 0 Å². The fourth-order valence-electron chi connectivity index (χ4n) is 1.69. The maximum absolute atomic E-state index is 5.60. The van der Waals surface area contributed by atoms with Crippen molar-refractivity contribution in [3.63, 3.8) is 0 Å². The Morgan fingerprint density at radius 2 is 2.06 bits per heavy atom. The van der Waals surface area contributed by atoms with Gasteiger partial charge in [-0.1, -0.05) is 24.9 Å². The number of hydrogen-bond donors (Lipinski definition) is 1. The van der Waals surface area contributed by atoms with Gasteiger partial charge in [-0.05, 0) is 20.3 Å². The third kappa shape index (κ3) is 4.34. The highest BCUT2D eigenvalue weighted by molar-refractivity contribution is 5.25. The summed E-state index contributed by atoms with van der Waals surface area (Å²) < 4.78 is 5.60. The van der Waals surface area contributed by atoms with Gasteiger partial charge >= 0.3 is 6.01 Å². The largest absolute Gasteiger partial charge is 0.408 e. The van der Waals surface area contributed by atoms with E-state index in [1.165, 1.54) is 12.8 Å². The van der Waals surface area contributed by atoms with E-state index in [1.54, 1.807) is 0 Å². The van der Waals surface area contributed by atoms with Gasteiger partial charge in [0.2, 0.25) is 5.89 Å². The predicted molar refractivity (Wildman–Crippen MR) is 69.1 cm³/mol. The summed E-state index contributed by atoms with van der Waals surface area (Å²) in [5, 5.41) is 8.09. The zero-order valence-electron chi connectivity index (χ0n) is 11.1. The Kier molecular flexibility index (Phi) is 5.97. The fourth-order valence-corrected chi connectivity index (χ4v) is 1.69. The zero-order valence-corrected chi connectivity index (χ0v) is 11.1. The monoisotopic (exact) mass is 240 g/mol. The summed E-state index contributed by atoms with van der Waals surface area (Å²) in [7, 11) is 0. The minimum Gasteiger partial charge on any atom is -0.408 e. The molecule has 0 aliphatic carbocycles. The lowest BCUT2D eigenvalue weighted by atomic mass is 10.2.